The van der Waals surface area contributed by atoms with Gasteiger partial charge in [0.2, 0.25) is 0 Å². The Balaban J connectivity index is 2.34. The van der Waals surface area contributed by atoms with E-state index >= 15 is 0 Å². The Morgan fingerprint density at radius 2 is 1.71 bits per heavy atom. The Bertz CT molecular complexity index is 532. The molecule has 1 aromatic rings. The largest absolute Gasteiger partial charge is 0.223 e. The molecule has 0 N–H and O–H groups in total. The second-order valence-electron chi connectivity index (χ2n) is 3.92. The van der Waals surface area contributed by atoms with Gasteiger partial charge < -0.3 is 0 Å². The highest BCUT2D eigenvalue weighted by molar-refractivity contribution is 7.92. The van der Waals surface area contributed by atoms with E-state index in [-0.39, 0.29) is 5.38 Å². The summed E-state index contributed by atoms with van der Waals surface area (Å²) in [5, 5.41) is -0.795. The van der Waals surface area contributed by atoms with Gasteiger partial charge in [-0.05, 0) is 18.6 Å². The number of hydrogen-bond donors (Lipinski definition) is 0. The predicted octanol–water partition coefficient (Wildman–Crippen LogP) is 2.95. The van der Waals surface area contributed by atoms with Crippen LogP contribution in [-0.4, -0.2) is 19.0 Å². The highest BCUT2D eigenvalue weighted by Gasteiger charge is 2.27. The molecule has 1 aromatic carbocycles. The van der Waals surface area contributed by atoms with Crippen molar-refractivity contribution in [2.75, 3.05) is 0 Å². The van der Waals surface area contributed by atoms with Crippen LogP contribution in [0, 0.1) is 0 Å². The van der Waals surface area contributed by atoms with Gasteiger partial charge in [0, 0.05) is 0 Å². The number of alkyl halides is 1. The average molecular weight is 269 g/mol. The van der Waals surface area contributed by atoms with Crippen molar-refractivity contribution in [3.8, 4) is 0 Å². The van der Waals surface area contributed by atoms with Gasteiger partial charge in [-0.1, -0.05) is 42.5 Å². The van der Waals surface area contributed by atoms with E-state index in [4.69, 9.17) is 11.6 Å². The molecule has 0 radical (unpaired) electrons. The maximum absolute atomic E-state index is 12.3. The first kappa shape index (κ1) is 12.4. The monoisotopic (exact) mass is 268 g/mol. The Morgan fingerprint density at radius 1 is 1.06 bits per heavy atom. The first-order valence-electron chi connectivity index (χ1n) is 5.39. The fourth-order valence-electron chi connectivity index (χ4n) is 1.77. The van der Waals surface area contributed by atoms with E-state index in [0.29, 0.717) is 11.3 Å². The summed E-state index contributed by atoms with van der Waals surface area (Å²) >= 11 is 6.02. The van der Waals surface area contributed by atoms with Gasteiger partial charge in [0.25, 0.3) is 0 Å². The zero-order valence-corrected chi connectivity index (χ0v) is 10.7. The number of halogens is 1. The highest BCUT2D eigenvalue weighted by atomic mass is 35.5. The van der Waals surface area contributed by atoms with Gasteiger partial charge in [0.05, 0.1) is 15.5 Å². The molecule has 2 rings (SSSR count). The Hall–Kier alpha value is -1.06. The minimum absolute atomic E-state index is 0.242. The Kier molecular flexibility index (Phi) is 3.69. The minimum Gasteiger partial charge on any atom is -0.223 e. The summed E-state index contributed by atoms with van der Waals surface area (Å²) in [5.74, 6) is 0. The molecule has 0 heterocycles. The Morgan fingerprint density at radius 3 is 2.41 bits per heavy atom. The molecule has 2 nitrogen and oxygen atoms in total. The van der Waals surface area contributed by atoms with Crippen molar-refractivity contribution < 1.29 is 8.42 Å². The van der Waals surface area contributed by atoms with Crippen LogP contribution >= 0.6 is 11.6 Å². The maximum atomic E-state index is 12.3. The quantitative estimate of drug-likeness (QED) is 0.773. The predicted molar refractivity (Wildman–Crippen MR) is 70.0 cm³/mol. The van der Waals surface area contributed by atoms with Crippen molar-refractivity contribution in [3.63, 3.8) is 0 Å². The third-order valence-electron chi connectivity index (χ3n) is 2.68. The molecule has 0 bridgehead atoms. The topological polar surface area (TPSA) is 34.1 Å². The SMILES string of the molecule is O=S(=O)(c1ccccc1)[C@@H]1C=CC=C[C@H](Cl)C1. The highest BCUT2D eigenvalue weighted by Crippen LogP contribution is 2.24. The fourth-order valence-corrected chi connectivity index (χ4v) is 3.79. The van der Waals surface area contributed by atoms with E-state index in [0.717, 1.165) is 0 Å². The van der Waals surface area contributed by atoms with E-state index < -0.39 is 15.1 Å². The molecule has 0 saturated carbocycles. The number of rotatable bonds is 2. The van der Waals surface area contributed by atoms with Gasteiger partial charge in [0.1, 0.15) is 0 Å². The molecule has 0 spiro atoms. The fraction of sp³-hybridized carbons (Fsp3) is 0.231. The molecule has 2 atom stereocenters. The van der Waals surface area contributed by atoms with Gasteiger partial charge in [0.15, 0.2) is 9.84 Å². The van der Waals surface area contributed by atoms with Crippen molar-refractivity contribution in [1.29, 1.82) is 0 Å². The van der Waals surface area contributed by atoms with Crippen LogP contribution in [0.4, 0.5) is 0 Å². The summed E-state index contributed by atoms with van der Waals surface area (Å²) in [6, 6.07) is 8.48. The summed E-state index contributed by atoms with van der Waals surface area (Å²) in [6.07, 6.45) is 7.44. The van der Waals surface area contributed by atoms with E-state index in [1.807, 2.05) is 0 Å². The van der Waals surface area contributed by atoms with Gasteiger partial charge in [-0.15, -0.1) is 11.6 Å². The molecule has 0 unspecified atom stereocenters. The van der Waals surface area contributed by atoms with E-state index in [9.17, 15) is 8.42 Å². The molecule has 0 amide bonds. The average Bonchev–Trinajstić information content (AvgIpc) is 2.55. The van der Waals surface area contributed by atoms with Crippen LogP contribution in [0.25, 0.3) is 0 Å². The number of sulfone groups is 1. The molecule has 0 saturated heterocycles. The van der Waals surface area contributed by atoms with Gasteiger partial charge >= 0.3 is 0 Å². The zero-order chi connectivity index (χ0) is 12.3. The summed E-state index contributed by atoms with van der Waals surface area (Å²) in [6.45, 7) is 0. The van der Waals surface area contributed by atoms with Gasteiger partial charge in [-0.25, -0.2) is 8.42 Å². The maximum Gasteiger partial charge on any atom is 0.184 e. The van der Waals surface area contributed by atoms with Crippen LogP contribution < -0.4 is 0 Å². The first-order chi connectivity index (χ1) is 8.10. The molecule has 0 aliphatic heterocycles. The van der Waals surface area contributed by atoms with Crippen molar-refractivity contribution in [1.82, 2.24) is 0 Å². The van der Waals surface area contributed by atoms with Crippen LogP contribution in [0.1, 0.15) is 6.42 Å². The minimum atomic E-state index is -3.33. The summed E-state index contributed by atoms with van der Waals surface area (Å²) in [5.41, 5.74) is 0. The normalized spacial score (nSPS) is 24.5. The number of benzene rings is 1. The smallest absolute Gasteiger partial charge is 0.184 e. The van der Waals surface area contributed by atoms with Crippen molar-refractivity contribution >= 4 is 21.4 Å². The lowest BCUT2D eigenvalue weighted by atomic mass is 10.2. The lowest BCUT2D eigenvalue weighted by molar-refractivity contribution is 0.585. The van der Waals surface area contributed by atoms with Crippen molar-refractivity contribution in [2.45, 2.75) is 21.9 Å². The van der Waals surface area contributed by atoms with Crippen LogP contribution in [0.2, 0.25) is 0 Å². The molecule has 90 valence electrons. The lowest BCUT2D eigenvalue weighted by Gasteiger charge is -2.14. The third-order valence-corrected chi connectivity index (χ3v) is 5.08. The standard InChI is InChI=1S/C13H13ClO2S/c14-11-6-4-5-9-13(10-11)17(15,16)12-7-2-1-3-8-12/h1-9,11,13H,10H2/t11-,13+/m0/s1. The zero-order valence-electron chi connectivity index (χ0n) is 9.16. The molecule has 17 heavy (non-hydrogen) atoms. The first-order valence-corrected chi connectivity index (χ1v) is 7.37. The van der Waals surface area contributed by atoms with Gasteiger partial charge in [-0.3, -0.25) is 0 Å². The molecule has 1 aliphatic rings. The van der Waals surface area contributed by atoms with Crippen LogP contribution in [0.5, 0.6) is 0 Å². The van der Waals surface area contributed by atoms with E-state index in [1.165, 1.54) is 0 Å². The molecular weight excluding hydrogens is 256 g/mol. The molecular formula is C13H13ClO2S. The molecule has 4 heteroatoms. The van der Waals surface area contributed by atoms with Crippen molar-refractivity contribution in [2.24, 2.45) is 0 Å². The number of hydrogen-bond acceptors (Lipinski definition) is 2. The summed E-state index contributed by atoms with van der Waals surface area (Å²) < 4.78 is 24.7. The molecule has 1 aliphatic carbocycles. The van der Waals surface area contributed by atoms with Crippen LogP contribution in [0.15, 0.2) is 59.5 Å². The third kappa shape index (κ3) is 2.79. The summed E-state index contributed by atoms with van der Waals surface area (Å²) in [7, 11) is -3.33. The summed E-state index contributed by atoms with van der Waals surface area (Å²) in [4.78, 5) is 0.348. The second-order valence-corrected chi connectivity index (χ2v) is 6.65. The Labute approximate surface area is 107 Å². The molecule has 0 fully saturated rings. The van der Waals surface area contributed by atoms with E-state index in [2.05, 4.69) is 0 Å². The lowest BCUT2D eigenvalue weighted by Crippen LogP contribution is -2.21. The van der Waals surface area contributed by atoms with Crippen LogP contribution in [0.3, 0.4) is 0 Å². The van der Waals surface area contributed by atoms with Crippen molar-refractivity contribution in [3.05, 3.63) is 54.6 Å². The van der Waals surface area contributed by atoms with Crippen LogP contribution in [-0.2, 0) is 9.84 Å². The number of allylic oxidation sites excluding steroid dienone is 3. The van der Waals surface area contributed by atoms with Gasteiger partial charge in [-0.2, -0.15) is 0 Å². The van der Waals surface area contributed by atoms with E-state index in [1.54, 1.807) is 54.6 Å². The second kappa shape index (κ2) is 5.07. The molecule has 0 aromatic heterocycles.